The molecular weight excluding hydrogens is 404 g/mol. The summed E-state index contributed by atoms with van der Waals surface area (Å²) in [4.78, 5) is 0. The summed E-state index contributed by atoms with van der Waals surface area (Å²) in [7, 11) is -1.40. The molecule has 0 aliphatic heterocycles. The maximum atomic E-state index is 6.73. The van der Waals surface area contributed by atoms with E-state index in [1.54, 1.807) is 12.7 Å². The Labute approximate surface area is 186 Å². The number of benzene rings is 1. The van der Waals surface area contributed by atoms with Crippen LogP contribution >= 0.6 is 0 Å². The minimum Gasteiger partial charge on any atom is -0.542 e. The molecular formula is C25H42O3Si2. The molecule has 3 nitrogen and oxygen atoms in total. The molecule has 3 aliphatic carbocycles. The first-order chi connectivity index (χ1) is 13.9. The zero-order valence-electron chi connectivity index (χ0n) is 20.4. The smallest absolute Gasteiger partial charge is 0.242 e. The Balaban J connectivity index is 1.62. The van der Waals surface area contributed by atoms with E-state index in [9.17, 15) is 0 Å². The zero-order valence-corrected chi connectivity index (χ0v) is 22.4. The average molecular weight is 447 g/mol. The van der Waals surface area contributed by atoms with Crippen molar-refractivity contribution in [3.05, 3.63) is 23.3 Å². The van der Waals surface area contributed by atoms with Gasteiger partial charge in [0.15, 0.2) is 14.1 Å². The summed E-state index contributed by atoms with van der Waals surface area (Å²) in [6.07, 6.45) is 8.14. The topological polar surface area (TPSA) is 27.7 Å². The van der Waals surface area contributed by atoms with Crippen LogP contribution in [-0.4, -0.2) is 29.8 Å². The number of ether oxygens (including phenoxy) is 1. The van der Waals surface area contributed by atoms with Gasteiger partial charge in [-0.2, -0.15) is 0 Å². The van der Waals surface area contributed by atoms with Gasteiger partial charge in [-0.15, -0.1) is 0 Å². The highest BCUT2D eigenvalue weighted by Crippen LogP contribution is 2.62. The van der Waals surface area contributed by atoms with Gasteiger partial charge in [0.1, 0.15) is 5.75 Å². The fourth-order valence-electron chi connectivity index (χ4n) is 6.72. The van der Waals surface area contributed by atoms with Gasteiger partial charge in [-0.25, -0.2) is 0 Å². The lowest BCUT2D eigenvalue weighted by Gasteiger charge is -2.51. The molecule has 2 fully saturated rings. The van der Waals surface area contributed by atoms with E-state index < -0.39 is 16.6 Å². The monoisotopic (exact) mass is 446 g/mol. The lowest BCUT2D eigenvalue weighted by Crippen LogP contribution is -2.47. The van der Waals surface area contributed by atoms with Gasteiger partial charge in [0.25, 0.3) is 0 Å². The molecule has 2 saturated carbocycles. The van der Waals surface area contributed by atoms with Crippen molar-refractivity contribution in [2.75, 3.05) is 7.11 Å². The molecule has 1 aromatic carbocycles. The highest BCUT2D eigenvalue weighted by Gasteiger charge is 2.55. The lowest BCUT2D eigenvalue weighted by atomic mass is 9.55. The molecule has 0 spiro atoms. The molecule has 3 unspecified atom stereocenters. The van der Waals surface area contributed by atoms with Crippen LogP contribution < -0.4 is 9.16 Å². The van der Waals surface area contributed by atoms with Crippen molar-refractivity contribution < 1.29 is 13.6 Å². The average Bonchev–Trinajstić information content (AvgIpc) is 2.94. The summed E-state index contributed by atoms with van der Waals surface area (Å²) in [6, 6.07) is 4.64. The number of hydrogen-bond donors (Lipinski definition) is 0. The predicted octanol–water partition coefficient (Wildman–Crippen LogP) is 6.99. The Morgan fingerprint density at radius 1 is 0.900 bits per heavy atom. The Morgan fingerprint density at radius 3 is 2.27 bits per heavy atom. The molecule has 3 aliphatic rings. The van der Waals surface area contributed by atoms with Crippen LogP contribution in [0.4, 0.5) is 0 Å². The van der Waals surface area contributed by atoms with Crippen molar-refractivity contribution in [1.82, 2.24) is 0 Å². The largest absolute Gasteiger partial charge is 0.542 e. The summed E-state index contributed by atoms with van der Waals surface area (Å²) in [5.41, 5.74) is 3.41. The quantitative estimate of drug-likeness (QED) is 0.456. The third-order valence-corrected chi connectivity index (χ3v) is 9.66. The van der Waals surface area contributed by atoms with Crippen molar-refractivity contribution in [3.63, 3.8) is 0 Å². The van der Waals surface area contributed by atoms with Crippen LogP contribution in [0.25, 0.3) is 0 Å². The molecule has 0 radical (unpaired) electrons. The lowest BCUT2D eigenvalue weighted by molar-refractivity contribution is -0.0141. The molecule has 1 aromatic rings. The van der Waals surface area contributed by atoms with Gasteiger partial charge in [-0.3, -0.25) is 0 Å². The summed E-state index contributed by atoms with van der Waals surface area (Å²) >= 11 is 0. The highest BCUT2D eigenvalue weighted by molar-refractivity contribution is 6.70. The molecule has 0 bridgehead atoms. The summed E-state index contributed by atoms with van der Waals surface area (Å²) in [5, 5.41) is 0. The molecule has 0 amide bonds. The second kappa shape index (κ2) is 7.66. The predicted molar refractivity (Wildman–Crippen MR) is 130 cm³/mol. The van der Waals surface area contributed by atoms with Gasteiger partial charge in [-0.1, -0.05) is 6.92 Å². The molecule has 5 atom stereocenters. The Hall–Kier alpha value is -0.786. The molecule has 0 saturated heterocycles. The molecule has 0 heterocycles. The van der Waals surface area contributed by atoms with Crippen molar-refractivity contribution in [3.8, 4) is 11.5 Å². The zero-order chi connectivity index (χ0) is 21.9. The van der Waals surface area contributed by atoms with Crippen LogP contribution in [0, 0.1) is 17.3 Å². The minimum atomic E-state index is -1.67. The van der Waals surface area contributed by atoms with Crippen LogP contribution in [0.2, 0.25) is 39.3 Å². The van der Waals surface area contributed by atoms with Crippen molar-refractivity contribution in [2.45, 2.75) is 96.8 Å². The number of aryl methyl sites for hydroxylation is 1. The van der Waals surface area contributed by atoms with Crippen molar-refractivity contribution >= 4 is 16.6 Å². The normalized spacial score (nSPS) is 33.5. The number of methoxy groups -OCH3 is 1. The van der Waals surface area contributed by atoms with Gasteiger partial charge in [0.2, 0.25) is 8.32 Å². The van der Waals surface area contributed by atoms with E-state index >= 15 is 0 Å². The molecule has 5 heteroatoms. The molecule has 4 rings (SSSR count). The number of rotatable bonds is 5. The number of hydrogen-bond acceptors (Lipinski definition) is 3. The first-order valence-electron chi connectivity index (χ1n) is 12.0. The van der Waals surface area contributed by atoms with E-state index in [2.05, 4.69) is 58.3 Å². The second-order valence-electron chi connectivity index (χ2n) is 12.2. The molecule has 0 N–H and O–H groups in total. The van der Waals surface area contributed by atoms with Gasteiger partial charge >= 0.3 is 0 Å². The van der Waals surface area contributed by atoms with E-state index in [0.717, 1.165) is 23.3 Å². The van der Waals surface area contributed by atoms with Crippen LogP contribution in [0.1, 0.15) is 56.1 Å². The van der Waals surface area contributed by atoms with Gasteiger partial charge < -0.3 is 13.6 Å². The number of fused-ring (bicyclic) bond motifs is 5. The van der Waals surface area contributed by atoms with E-state index in [1.807, 2.05) is 0 Å². The fourth-order valence-corrected chi connectivity index (χ4v) is 8.78. The van der Waals surface area contributed by atoms with Crippen molar-refractivity contribution in [2.24, 2.45) is 17.3 Å². The van der Waals surface area contributed by atoms with E-state index in [-0.39, 0.29) is 0 Å². The van der Waals surface area contributed by atoms with Crippen LogP contribution in [0.3, 0.4) is 0 Å². The van der Waals surface area contributed by atoms with E-state index in [4.69, 9.17) is 13.6 Å². The van der Waals surface area contributed by atoms with Crippen molar-refractivity contribution in [1.29, 1.82) is 0 Å². The van der Waals surface area contributed by atoms with E-state index in [0.29, 0.717) is 17.4 Å². The fraction of sp³-hybridized carbons (Fsp3) is 0.760. The molecule has 0 aromatic heterocycles. The van der Waals surface area contributed by atoms with Crippen LogP contribution in [0.5, 0.6) is 11.5 Å². The summed E-state index contributed by atoms with van der Waals surface area (Å²) in [5.74, 6) is 4.15. The van der Waals surface area contributed by atoms with Crippen LogP contribution in [0.15, 0.2) is 12.1 Å². The highest BCUT2D eigenvalue weighted by atomic mass is 28.4. The van der Waals surface area contributed by atoms with E-state index in [1.165, 1.54) is 44.1 Å². The molecule has 30 heavy (non-hydrogen) atoms. The Kier molecular flexibility index (Phi) is 5.72. The summed E-state index contributed by atoms with van der Waals surface area (Å²) in [6.45, 7) is 16.3. The first-order valence-corrected chi connectivity index (χ1v) is 18.8. The van der Waals surface area contributed by atoms with Crippen LogP contribution in [-0.2, 0) is 10.8 Å². The Morgan fingerprint density at radius 2 is 1.63 bits per heavy atom. The maximum absolute atomic E-state index is 6.73. The van der Waals surface area contributed by atoms with Gasteiger partial charge in [0, 0.05) is 0 Å². The Bertz CT molecular complexity index is 795. The SMILES string of the molecule is COc1cc2c(cc1O[Si](C)(C)C)CCC1C2CC[C@@]2(C)C1CC[C@H]2O[Si](C)(C)C. The summed E-state index contributed by atoms with van der Waals surface area (Å²) < 4.78 is 18.9. The third-order valence-electron chi connectivity index (χ3n) is 7.83. The first kappa shape index (κ1) is 22.4. The minimum absolute atomic E-state index is 0.365. The second-order valence-corrected chi connectivity index (χ2v) is 21.1. The van der Waals surface area contributed by atoms with Gasteiger partial charge in [0.05, 0.1) is 13.2 Å². The standard InChI is InChI=1S/C25H42O3Si2/c1-25-14-13-18-19(21(25)11-12-24(25)28-30(6,7)8)10-9-17-15-23(27-29(3,4)5)22(26-2)16-20(17)18/h15-16,18-19,21,24H,9-14H2,1-8H3/t18?,19?,21?,24-,25+/m1/s1. The van der Waals surface area contributed by atoms with Gasteiger partial charge in [-0.05, 0) is 124 Å². The maximum Gasteiger partial charge on any atom is 0.242 e. The third kappa shape index (κ3) is 4.14. The molecule has 168 valence electrons.